The molecular weight excluding hydrogens is 296 g/mol. The zero-order chi connectivity index (χ0) is 16.5. The van der Waals surface area contributed by atoms with Crippen molar-refractivity contribution in [3.05, 3.63) is 36.0 Å². The molecule has 0 atom stereocenters. The van der Waals surface area contributed by atoms with Gasteiger partial charge in [-0.05, 0) is 51.4 Å². The zero-order valence-corrected chi connectivity index (χ0v) is 15.1. The second kappa shape index (κ2) is 6.77. The fraction of sp³-hybridized carbons (Fsp3) is 0.600. The molecular formula is C20H30N4. The number of nitrogens with zero attached hydrogens (tertiary/aromatic N) is 4. The monoisotopic (exact) mass is 326 g/mol. The van der Waals surface area contributed by atoms with Crippen LogP contribution in [0.4, 0.5) is 0 Å². The van der Waals surface area contributed by atoms with Crippen molar-refractivity contribution in [2.24, 2.45) is 0 Å². The molecule has 0 aliphatic carbocycles. The Labute approximate surface area is 145 Å². The third kappa shape index (κ3) is 3.05. The number of benzene rings is 1. The first kappa shape index (κ1) is 16.0. The maximum atomic E-state index is 2.60. The summed E-state index contributed by atoms with van der Waals surface area (Å²) in [5.74, 6) is 0. The highest BCUT2D eigenvalue weighted by Gasteiger charge is 2.22. The Balaban J connectivity index is 1.59. The summed E-state index contributed by atoms with van der Waals surface area (Å²) < 4.78 is 2.43. The van der Waals surface area contributed by atoms with Crippen LogP contribution in [0.15, 0.2) is 30.5 Å². The Hall–Kier alpha value is -1.52. The lowest BCUT2D eigenvalue weighted by Gasteiger charge is -2.38. The van der Waals surface area contributed by atoms with Crippen LogP contribution >= 0.6 is 0 Å². The summed E-state index contributed by atoms with van der Waals surface area (Å²) in [7, 11) is 0. The molecule has 0 unspecified atom stereocenters. The summed E-state index contributed by atoms with van der Waals surface area (Å²) in [6.45, 7) is 12.7. The highest BCUT2D eigenvalue weighted by atomic mass is 15.6. The minimum absolute atomic E-state index is 0.652. The van der Waals surface area contributed by atoms with Gasteiger partial charge in [-0.3, -0.25) is 14.5 Å². The molecule has 0 saturated carbocycles. The summed E-state index contributed by atoms with van der Waals surface area (Å²) >= 11 is 0. The smallest absolute Gasteiger partial charge is 0.0698 e. The van der Waals surface area contributed by atoms with E-state index in [1.165, 1.54) is 42.4 Å². The minimum Gasteiger partial charge on any atom is -0.310 e. The topological polar surface area (TPSA) is 14.7 Å². The van der Waals surface area contributed by atoms with Gasteiger partial charge in [-0.25, -0.2) is 0 Å². The van der Waals surface area contributed by atoms with Crippen molar-refractivity contribution < 1.29 is 0 Å². The number of aromatic nitrogens is 1. The summed E-state index contributed by atoms with van der Waals surface area (Å²) in [4.78, 5) is 5.18. The molecule has 0 bridgehead atoms. The van der Waals surface area contributed by atoms with Gasteiger partial charge >= 0.3 is 0 Å². The van der Waals surface area contributed by atoms with E-state index in [9.17, 15) is 0 Å². The molecule has 4 rings (SSSR count). The van der Waals surface area contributed by atoms with E-state index in [2.05, 4.69) is 63.8 Å². The number of hydrogen-bond acceptors (Lipinski definition) is 3. The van der Waals surface area contributed by atoms with Crippen LogP contribution in [-0.2, 0) is 6.54 Å². The van der Waals surface area contributed by atoms with E-state index in [1.54, 1.807) is 0 Å². The van der Waals surface area contributed by atoms with E-state index < -0.39 is 0 Å². The van der Waals surface area contributed by atoms with E-state index in [-0.39, 0.29) is 0 Å². The standard InChI is InChI=1S/C20H30N4/c1-17(2)22-11-13-23(14-12-22)24-16-18(15-21-9-5-6-10-21)19-7-3-4-8-20(19)24/h3-4,7-8,16-17H,5-6,9-15H2,1-2H3. The highest BCUT2D eigenvalue weighted by molar-refractivity contribution is 5.84. The van der Waals surface area contributed by atoms with Crippen molar-refractivity contribution in [1.82, 2.24) is 14.5 Å². The Bertz CT molecular complexity index is 676. The molecule has 0 spiro atoms. The minimum atomic E-state index is 0.652. The van der Waals surface area contributed by atoms with Gasteiger partial charge < -0.3 is 5.01 Å². The molecule has 2 aliphatic rings. The van der Waals surface area contributed by atoms with Gasteiger partial charge in [0, 0.05) is 50.3 Å². The van der Waals surface area contributed by atoms with Gasteiger partial charge in [-0.15, -0.1) is 0 Å². The van der Waals surface area contributed by atoms with Crippen molar-refractivity contribution in [3.8, 4) is 0 Å². The first-order valence-electron chi connectivity index (χ1n) is 9.53. The lowest BCUT2D eigenvalue weighted by atomic mass is 10.1. The Morgan fingerprint density at radius 1 is 0.917 bits per heavy atom. The lowest BCUT2D eigenvalue weighted by molar-refractivity contribution is 0.197. The van der Waals surface area contributed by atoms with Gasteiger partial charge in [-0.1, -0.05) is 18.2 Å². The molecule has 4 heteroatoms. The number of hydrogen-bond donors (Lipinski definition) is 0. The Kier molecular flexibility index (Phi) is 4.51. The molecule has 2 fully saturated rings. The average Bonchev–Trinajstić information content (AvgIpc) is 3.24. The summed E-state index contributed by atoms with van der Waals surface area (Å²) in [6.07, 6.45) is 5.11. The van der Waals surface area contributed by atoms with E-state index in [4.69, 9.17) is 0 Å². The quantitative estimate of drug-likeness (QED) is 0.858. The van der Waals surface area contributed by atoms with Crippen LogP contribution in [0, 0.1) is 0 Å². The van der Waals surface area contributed by atoms with Crippen molar-refractivity contribution >= 4 is 10.9 Å². The van der Waals surface area contributed by atoms with Gasteiger partial charge in [0.1, 0.15) is 0 Å². The number of likely N-dealkylation sites (tertiary alicyclic amines) is 1. The molecule has 24 heavy (non-hydrogen) atoms. The predicted octanol–water partition coefficient (Wildman–Crippen LogP) is 2.90. The Morgan fingerprint density at radius 3 is 2.33 bits per heavy atom. The maximum Gasteiger partial charge on any atom is 0.0698 e. The van der Waals surface area contributed by atoms with Gasteiger partial charge in [0.15, 0.2) is 0 Å². The van der Waals surface area contributed by atoms with Crippen molar-refractivity contribution in [3.63, 3.8) is 0 Å². The first-order valence-corrected chi connectivity index (χ1v) is 9.53. The van der Waals surface area contributed by atoms with Crippen molar-refractivity contribution in [1.29, 1.82) is 0 Å². The van der Waals surface area contributed by atoms with Gasteiger partial charge in [0.2, 0.25) is 0 Å². The van der Waals surface area contributed by atoms with E-state index in [0.29, 0.717) is 6.04 Å². The molecule has 2 aromatic rings. The van der Waals surface area contributed by atoms with Crippen LogP contribution in [0.3, 0.4) is 0 Å². The molecule has 1 aromatic heterocycles. The van der Waals surface area contributed by atoms with Crippen molar-refractivity contribution in [2.45, 2.75) is 39.3 Å². The summed E-state index contributed by atoms with van der Waals surface area (Å²) in [6, 6.07) is 9.57. The SMILES string of the molecule is CC(C)N1CCN(n2cc(CN3CCCC3)c3ccccc32)CC1. The van der Waals surface area contributed by atoms with Gasteiger partial charge in [0.05, 0.1) is 5.52 Å². The van der Waals surface area contributed by atoms with Crippen LogP contribution in [0.5, 0.6) is 0 Å². The van der Waals surface area contributed by atoms with Crippen molar-refractivity contribution in [2.75, 3.05) is 44.3 Å². The molecule has 1 aromatic carbocycles. The number of piperazine rings is 1. The molecule has 130 valence electrons. The molecule has 4 nitrogen and oxygen atoms in total. The molecule has 0 radical (unpaired) electrons. The van der Waals surface area contributed by atoms with Gasteiger partial charge in [-0.2, -0.15) is 0 Å². The van der Waals surface area contributed by atoms with E-state index in [1.807, 2.05) is 0 Å². The molecule has 2 saturated heterocycles. The summed E-state index contributed by atoms with van der Waals surface area (Å²) in [5, 5.41) is 3.95. The molecule has 3 heterocycles. The number of fused-ring (bicyclic) bond motifs is 1. The highest BCUT2D eigenvalue weighted by Crippen LogP contribution is 2.25. The maximum absolute atomic E-state index is 2.60. The first-order chi connectivity index (χ1) is 11.7. The third-order valence-corrected chi connectivity index (χ3v) is 5.69. The van der Waals surface area contributed by atoms with Crippen LogP contribution in [-0.4, -0.2) is 59.8 Å². The third-order valence-electron chi connectivity index (χ3n) is 5.69. The van der Waals surface area contributed by atoms with Crippen LogP contribution < -0.4 is 5.01 Å². The van der Waals surface area contributed by atoms with Crippen LogP contribution in [0.2, 0.25) is 0 Å². The molecule has 0 amide bonds. The van der Waals surface area contributed by atoms with Crippen LogP contribution in [0.25, 0.3) is 10.9 Å². The molecule has 0 N–H and O–H groups in total. The molecule has 2 aliphatic heterocycles. The van der Waals surface area contributed by atoms with E-state index in [0.717, 1.165) is 32.7 Å². The summed E-state index contributed by atoms with van der Waals surface area (Å²) in [5.41, 5.74) is 2.85. The second-order valence-corrected chi connectivity index (χ2v) is 7.58. The van der Waals surface area contributed by atoms with Gasteiger partial charge in [0.25, 0.3) is 0 Å². The fourth-order valence-electron chi connectivity index (χ4n) is 4.22. The zero-order valence-electron chi connectivity index (χ0n) is 15.1. The second-order valence-electron chi connectivity index (χ2n) is 7.58. The lowest BCUT2D eigenvalue weighted by Crippen LogP contribution is -2.52. The van der Waals surface area contributed by atoms with Crippen LogP contribution in [0.1, 0.15) is 32.3 Å². The number of rotatable bonds is 4. The normalized spacial score (nSPS) is 20.5. The van der Waals surface area contributed by atoms with E-state index >= 15 is 0 Å². The largest absolute Gasteiger partial charge is 0.310 e. The fourth-order valence-corrected chi connectivity index (χ4v) is 4.22. The number of para-hydroxylation sites is 1. The average molecular weight is 326 g/mol. The predicted molar refractivity (Wildman–Crippen MR) is 101 cm³/mol. The Morgan fingerprint density at radius 2 is 1.62 bits per heavy atom.